The number of aromatic nitrogens is 1. The summed E-state index contributed by atoms with van der Waals surface area (Å²) in [5.74, 6) is 0.381. The number of hydrogen-bond donors (Lipinski definition) is 2. The molecule has 0 saturated heterocycles. The maximum atomic E-state index is 12.4. The largest absolute Gasteiger partial charge is 0.344 e. The molecule has 5 nitrogen and oxygen atoms in total. The van der Waals surface area contributed by atoms with E-state index in [1.807, 2.05) is 19.9 Å². The first-order chi connectivity index (χ1) is 10.6. The Morgan fingerprint density at radius 2 is 1.91 bits per heavy atom. The summed E-state index contributed by atoms with van der Waals surface area (Å²) in [7, 11) is 0. The molecule has 0 spiro atoms. The summed E-state index contributed by atoms with van der Waals surface area (Å²) in [6.45, 7) is 3.87. The van der Waals surface area contributed by atoms with Gasteiger partial charge in [0.05, 0.1) is 0 Å². The molecule has 1 aromatic rings. The van der Waals surface area contributed by atoms with Crippen molar-refractivity contribution < 1.29 is 9.59 Å². The predicted molar refractivity (Wildman–Crippen MR) is 86.2 cm³/mol. The standard InChI is InChI=1S/C17H25N3O2/c1-12(2)15(17(22)19-14-10-6-7-11-18-14)20-16(21)13-8-4-3-5-9-13/h6-7,10-13,15H,3-5,8-9H2,1-2H3,(H,20,21)(H,18,19,22)/t15-/m0/s1. The molecule has 1 saturated carbocycles. The topological polar surface area (TPSA) is 71.1 Å². The molecule has 1 heterocycles. The van der Waals surface area contributed by atoms with Gasteiger partial charge in [-0.05, 0) is 30.9 Å². The number of nitrogens with one attached hydrogen (secondary N) is 2. The van der Waals surface area contributed by atoms with Crippen LogP contribution in [0.15, 0.2) is 24.4 Å². The summed E-state index contributed by atoms with van der Waals surface area (Å²) < 4.78 is 0. The van der Waals surface area contributed by atoms with E-state index in [0.717, 1.165) is 25.7 Å². The van der Waals surface area contributed by atoms with E-state index in [-0.39, 0.29) is 23.7 Å². The molecule has 1 aromatic heterocycles. The van der Waals surface area contributed by atoms with E-state index in [0.29, 0.717) is 5.82 Å². The molecule has 0 bridgehead atoms. The third-order valence-corrected chi connectivity index (χ3v) is 4.14. The molecule has 2 amide bonds. The highest BCUT2D eigenvalue weighted by Gasteiger charge is 2.28. The molecule has 1 aliphatic carbocycles. The Hall–Kier alpha value is -1.91. The number of carbonyl (C=O) groups is 2. The first-order valence-electron chi connectivity index (χ1n) is 8.10. The average molecular weight is 303 g/mol. The van der Waals surface area contributed by atoms with E-state index in [1.54, 1.807) is 18.3 Å². The molecule has 2 rings (SSSR count). The Balaban J connectivity index is 1.96. The van der Waals surface area contributed by atoms with Gasteiger partial charge < -0.3 is 10.6 Å². The van der Waals surface area contributed by atoms with E-state index in [2.05, 4.69) is 15.6 Å². The summed E-state index contributed by atoms with van der Waals surface area (Å²) in [6, 6.07) is 4.81. The van der Waals surface area contributed by atoms with Crippen LogP contribution in [0.5, 0.6) is 0 Å². The second-order valence-corrected chi connectivity index (χ2v) is 6.27. The lowest BCUT2D eigenvalue weighted by Crippen LogP contribution is -2.49. The zero-order valence-electron chi connectivity index (χ0n) is 13.3. The molecule has 1 atom stereocenters. The average Bonchev–Trinajstić information content (AvgIpc) is 2.53. The summed E-state index contributed by atoms with van der Waals surface area (Å²) in [4.78, 5) is 28.9. The summed E-state index contributed by atoms with van der Waals surface area (Å²) in [6.07, 6.45) is 6.89. The zero-order valence-corrected chi connectivity index (χ0v) is 13.3. The smallest absolute Gasteiger partial charge is 0.248 e. The van der Waals surface area contributed by atoms with Crippen LogP contribution in [0, 0.1) is 11.8 Å². The van der Waals surface area contributed by atoms with Gasteiger partial charge in [0.2, 0.25) is 11.8 Å². The lowest BCUT2D eigenvalue weighted by atomic mass is 9.88. The molecular formula is C17H25N3O2. The van der Waals surface area contributed by atoms with Crippen molar-refractivity contribution in [3.05, 3.63) is 24.4 Å². The fourth-order valence-electron chi connectivity index (χ4n) is 2.81. The molecule has 0 unspecified atom stereocenters. The van der Waals surface area contributed by atoms with Gasteiger partial charge >= 0.3 is 0 Å². The monoisotopic (exact) mass is 303 g/mol. The number of carbonyl (C=O) groups excluding carboxylic acids is 2. The van der Waals surface area contributed by atoms with Gasteiger partial charge in [-0.2, -0.15) is 0 Å². The van der Waals surface area contributed by atoms with Crippen LogP contribution >= 0.6 is 0 Å². The number of hydrogen-bond acceptors (Lipinski definition) is 3. The Morgan fingerprint density at radius 3 is 2.50 bits per heavy atom. The van der Waals surface area contributed by atoms with Crippen LogP contribution < -0.4 is 10.6 Å². The maximum absolute atomic E-state index is 12.4. The first kappa shape index (κ1) is 16.5. The van der Waals surface area contributed by atoms with Crippen LogP contribution in [0.4, 0.5) is 5.82 Å². The van der Waals surface area contributed by atoms with Crippen molar-refractivity contribution in [3.8, 4) is 0 Å². The fraction of sp³-hybridized carbons (Fsp3) is 0.588. The van der Waals surface area contributed by atoms with Gasteiger partial charge in [0.1, 0.15) is 11.9 Å². The van der Waals surface area contributed by atoms with Gasteiger partial charge in [-0.15, -0.1) is 0 Å². The van der Waals surface area contributed by atoms with E-state index >= 15 is 0 Å². The molecule has 0 aliphatic heterocycles. The van der Waals surface area contributed by atoms with Crippen LogP contribution in [0.25, 0.3) is 0 Å². The molecule has 1 aliphatic rings. The van der Waals surface area contributed by atoms with Crippen molar-refractivity contribution in [3.63, 3.8) is 0 Å². The highest BCUT2D eigenvalue weighted by atomic mass is 16.2. The van der Waals surface area contributed by atoms with Gasteiger partial charge in [-0.1, -0.05) is 39.2 Å². The predicted octanol–water partition coefficient (Wildman–Crippen LogP) is 2.74. The first-order valence-corrected chi connectivity index (χ1v) is 8.10. The van der Waals surface area contributed by atoms with Gasteiger partial charge in [-0.25, -0.2) is 4.98 Å². The number of anilines is 1. The summed E-state index contributed by atoms with van der Waals surface area (Å²) in [5.41, 5.74) is 0. The summed E-state index contributed by atoms with van der Waals surface area (Å²) in [5, 5.41) is 5.69. The highest BCUT2D eigenvalue weighted by Crippen LogP contribution is 2.24. The Morgan fingerprint density at radius 1 is 1.18 bits per heavy atom. The van der Waals surface area contributed by atoms with E-state index < -0.39 is 6.04 Å². The van der Waals surface area contributed by atoms with Crippen molar-refractivity contribution >= 4 is 17.6 Å². The SMILES string of the molecule is CC(C)[C@H](NC(=O)C1CCCCC1)C(=O)Nc1ccccn1. The number of amides is 2. The number of rotatable bonds is 5. The lowest BCUT2D eigenvalue weighted by molar-refractivity contribution is -0.130. The Bertz CT molecular complexity index is 496. The lowest BCUT2D eigenvalue weighted by Gasteiger charge is -2.26. The van der Waals surface area contributed by atoms with Crippen LogP contribution in [0.3, 0.4) is 0 Å². The van der Waals surface area contributed by atoms with Crippen LogP contribution in [-0.4, -0.2) is 22.8 Å². The summed E-state index contributed by atoms with van der Waals surface area (Å²) >= 11 is 0. The third-order valence-electron chi connectivity index (χ3n) is 4.14. The molecule has 5 heteroatoms. The Kier molecular flexibility index (Phi) is 5.92. The minimum Gasteiger partial charge on any atom is -0.344 e. The van der Waals surface area contributed by atoms with E-state index in [1.165, 1.54) is 6.42 Å². The second-order valence-electron chi connectivity index (χ2n) is 6.27. The Labute approximate surface area is 131 Å². The minimum absolute atomic E-state index is 0.00886. The minimum atomic E-state index is -0.531. The number of pyridine rings is 1. The zero-order chi connectivity index (χ0) is 15.9. The molecule has 1 fully saturated rings. The molecule has 0 aromatic carbocycles. The van der Waals surface area contributed by atoms with Crippen LogP contribution in [0.2, 0.25) is 0 Å². The highest BCUT2D eigenvalue weighted by molar-refractivity contribution is 5.97. The van der Waals surface area contributed by atoms with Crippen molar-refractivity contribution in [2.24, 2.45) is 11.8 Å². The van der Waals surface area contributed by atoms with Gasteiger partial charge in [0.25, 0.3) is 0 Å². The van der Waals surface area contributed by atoms with E-state index in [9.17, 15) is 9.59 Å². The van der Waals surface area contributed by atoms with Gasteiger partial charge in [0.15, 0.2) is 0 Å². The van der Waals surface area contributed by atoms with Crippen molar-refractivity contribution in [2.75, 3.05) is 5.32 Å². The van der Waals surface area contributed by atoms with Crippen molar-refractivity contribution in [2.45, 2.75) is 52.0 Å². The third kappa shape index (κ3) is 4.55. The van der Waals surface area contributed by atoms with E-state index in [4.69, 9.17) is 0 Å². The molecule has 2 N–H and O–H groups in total. The molecular weight excluding hydrogens is 278 g/mol. The molecule has 0 radical (unpaired) electrons. The normalized spacial score (nSPS) is 17.0. The van der Waals surface area contributed by atoms with Gasteiger partial charge in [-0.3, -0.25) is 9.59 Å². The fourth-order valence-corrected chi connectivity index (χ4v) is 2.81. The van der Waals surface area contributed by atoms with Crippen molar-refractivity contribution in [1.82, 2.24) is 10.3 Å². The maximum Gasteiger partial charge on any atom is 0.248 e. The van der Waals surface area contributed by atoms with Gasteiger partial charge in [0, 0.05) is 12.1 Å². The van der Waals surface area contributed by atoms with Crippen LogP contribution in [-0.2, 0) is 9.59 Å². The molecule has 22 heavy (non-hydrogen) atoms. The second kappa shape index (κ2) is 7.92. The van der Waals surface area contributed by atoms with Crippen LogP contribution in [0.1, 0.15) is 46.0 Å². The molecule has 120 valence electrons. The quantitative estimate of drug-likeness (QED) is 0.878. The van der Waals surface area contributed by atoms with Crippen molar-refractivity contribution in [1.29, 1.82) is 0 Å². The number of nitrogens with zero attached hydrogens (tertiary/aromatic N) is 1.